The number of hydrogen-bond acceptors (Lipinski definition) is 7. The molecule has 0 atom stereocenters. The van der Waals surface area contributed by atoms with Crippen LogP contribution in [0.3, 0.4) is 0 Å². The van der Waals surface area contributed by atoms with Crippen LogP contribution in [-0.2, 0) is 12.8 Å². The van der Waals surface area contributed by atoms with Crippen LogP contribution in [0.25, 0.3) is 11.3 Å². The van der Waals surface area contributed by atoms with E-state index >= 15 is 0 Å². The van der Waals surface area contributed by atoms with Crippen LogP contribution in [-0.4, -0.2) is 39.8 Å². The van der Waals surface area contributed by atoms with Gasteiger partial charge in [-0.2, -0.15) is 5.26 Å². The zero-order valence-electron chi connectivity index (χ0n) is 16.0. The quantitative estimate of drug-likeness (QED) is 0.724. The van der Waals surface area contributed by atoms with Crippen LogP contribution in [0.15, 0.2) is 42.7 Å². The Balaban J connectivity index is 1.18. The Morgan fingerprint density at radius 3 is 2.72 bits per heavy atom. The second-order valence-corrected chi connectivity index (χ2v) is 7.62. The summed E-state index contributed by atoms with van der Waals surface area (Å²) in [5, 5.41) is 21.5. The highest BCUT2D eigenvalue weighted by atomic mass is 15.3. The molecule has 2 aliphatic rings. The minimum Gasteiger partial charge on any atom is -0.369 e. The lowest BCUT2D eigenvalue weighted by molar-refractivity contribution is 0.425. The molecule has 1 saturated heterocycles. The summed E-state index contributed by atoms with van der Waals surface area (Å²) in [6, 6.07) is 12.2. The van der Waals surface area contributed by atoms with E-state index in [-0.39, 0.29) is 0 Å². The number of aromatic nitrogens is 4. The van der Waals surface area contributed by atoms with Crippen LogP contribution < -0.4 is 10.2 Å². The van der Waals surface area contributed by atoms with Crippen molar-refractivity contribution in [2.75, 3.05) is 29.9 Å². The Kier molecular flexibility index (Phi) is 4.53. The van der Waals surface area contributed by atoms with Gasteiger partial charge in [-0.1, -0.05) is 0 Å². The molecular formula is C22H21N7. The van der Waals surface area contributed by atoms with Gasteiger partial charge in [-0.3, -0.25) is 4.98 Å². The van der Waals surface area contributed by atoms with E-state index in [2.05, 4.69) is 31.5 Å². The predicted molar refractivity (Wildman–Crippen MR) is 110 cm³/mol. The van der Waals surface area contributed by atoms with Crippen molar-refractivity contribution >= 4 is 11.6 Å². The first-order valence-electron chi connectivity index (χ1n) is 9.96. The molecule has 0 amide bonds. The summed E-state index contributed by atoms with van der Waals surface area (Å²) in [5.74, 6) is 2.12. The highest BCUT2D eigenvalue weighted by Gasteiger charge is 2.28. The minimum absolute atomic E-state index is 0.498. The zero-order valence-corrected chi connectivity index (χ0v) is 16.0. The summed E-state index contributed by atoms with van der Waals surface area (Å²) in [7, 11) is 0. The Morgan fingerprint density at radius 1 is 1.10 bits per heavy atom. The van der Waals surface area contributed by atoms with Crippen LogP contribution in [0.1, 0.15) is 23.2 Å². The van der Waals surface area contributed by atoms with E-state index in [1.165, 1.54) is 5.56 Å². The predicted octanol–water partition coefficient (Wildman–Crippen LogP) is 2.84. The summed E-state index contributed by atoms with van der Waals surface area (Å²) in [6.07, 6.45) is 6.70. The highest BCUT2D eigenvalue weighted by Crippen LogP contribution is 2.27. The largest absolute Gasteiger partial charge is 0.369 e. The van der Waals surface area contributed by atoms with Crippen molar-refractivity contribution in [2.24, 2.45) is 5.92 Å². The smallest absolute Gasteiger partial charge is 0.151 e. The molecule has 0 spiro atoms. The van der Waals surface area contributed by atoms with E-state index in [1.807, 2.05) is 30.3 Å². The van der Waals surface area contributed by atoms with Gasteiger partial charge in [0.2, 0.25) is 0 Å². The Hall–Kier alpha value is -3.53. The molecule has 1 fully saturated rings. The fraction of sp³-hybridized carbons (Fsp3) is 0.318. The van der Waals surface area contributed by atoms with Gasteiger partial charge in [0.25, 0.3) is 0 Å². The van der Waals surface area contributed by atoms with Crippen molar-refractivity contribution in [2.45, 2.75) is 19.3 Å². The molecule has 1 aliphatic heterocycles. The average Bonchev–Trinajstić information content (AvgIpc) is 3.20. The molecule has 0 bridgehead atoms. The number of nitriles is 1. The lowest BCUT2D eigenvalue weighted by Crippen LogP contribution is -2.50. The molecule has 0 unspecified atom stereocenters. The Morgan fingerprint density at radius 2 is 1.97 bits per heavy atom. The van der Waals surface area contributed by atoms with Crippen molar-refractivity contribution < 1.29 is 0 Å². The van der Waals surface area contributed by atoms with E-state index in [0.717, 1.165) is 67.5 Å². The maximum absolute atomic E-state index is 9.42. The van der Waals surface area contributed by atoms with E-state index in [0.29, 0.717) is 11.5 Å². The fourth-order valence-corrected chi connectivity index (χ4v) is 3.99. The summed E-state index contributed by atoms with van der Waals surface area (Å²) in [6.45, 7) is 2.64. The number of nitrogens with one attached hydrogen (secondary N) is 1. The lowest BCUT2D eigenvalue weighted by Gasteiger charge is -2.40. The van der Waals surface area contributed by atoms with E-state index in [9.17, 15) is 5.26 Å². The van der Waals surface area contributed by atoms with Gasteiger partial charge in [0.15, 0.2) is 5.82 Å². The van der Waals surface area contributed by atoms with Crippen LogP contribution in [0.2, 0.25) is 0 Å². The van der Waals surface area contributed by atoms with Gasteiger partial charge < -0.3 is 10.2 Å². The second-order valence-electron chi connectivity index (χ2n) is 7.62. The van der Waals surface area contributed by atoms with E-state index in [1.54, 1.807) is 12.4 Å². The molecule has 0 saturated carbocycles. The summed E-state index contributed by atoms with van der Waals surface area (Å²) in [4.78, 5) is 10.9. The fourth-order valence-electron chi connectivity index (χ4n) is 3.99. The minimum atomic E-state index is 0.498. The molecule has 0 radical (unpaired) electrons. The SMILES string of the molecule is N#Cc1cc2c(nc1NCC1CN(c3ccc(-c4ccncc4)nn3)C1)CCC2. The van der Waals surface area contributed by atoms with Gasteiger partial charge in [0.1, 0.15) is 11.9 Å². The topological polar surface area (TPSA) is 90.6 Å². The standard InChI is InChI=1S/C22H21N7/c23-11-18-10-17-2-1-3-19(17)26-22(18)25-12-15-13-29(14-15)21-5-4-20(27-28-21)16-6-8-24-9-7-16/h4-10,15H,1-3,12-14H2,(H,25,26). The molecule has 0 aromatic carbocycles. The first-order chi connectivity index (χ1) is 14.3. The van der Waals surface area contributed by atoms with Crippen LogP contribution in [0.5, 0.6) is 0 Å². The van der Waals surface area contributed by atoms with Gasteiger partial charge in [0, 0.05) is 49.2 Å². The maximum Gasteiger partial charge on any atom is 0.151 e. The van der Waals surface area contributed by atoms with Gasteiger partial charge in [-0.05, 0) is 55.2 Å². The third-order valence-corrected chi connectivity index (χ3v) is 5.64. The molecule has 3 aromatic heterocycles. The summed E-state index contributed by atoms with van der Waals surface area (Å²) >= 11 is 0. The van der Waals surface area contributed by atoms with Crippen molar-refractivity contribution in [1.82, 2.24) is 20.2 Å². The van der Waals surface area contributed by atoms with E-state index < -0.39 is 0 Å². The molecular weight excluding hydrogens is 362 g/mol. The number of pyridine rings is 2. The van der Waals surface area contributed by atoms with Crippen molar-refractivity contribution in [3.63, 3.8) is 0 Å². The van der Waals surface area contributed by atoms with Gasteiger partial charge in [-0.25, -0.2) is 4.98 Å². The van der Waals surface area contributed by atoms with Crippen molar-refractivity contribution in [3.8, 4) is 17.3 Å². The van der Waals surface area contributed by atoms with Crippen molar-refractivity contribution in [3.05, 3.63) is 59.5 Å². The number of hydrogen-bond donors (Lipinski definition) is 1. The number of rotatable bonds is 5. The number of anilines is 2. The highest BCUT2D eigenvalue weighted by molar-refractivity contribution is 5.59. The Bertz CT molecular complexity index is 1050. The molecule has 1 N–H and O–H groups in total. The number of nitrogens with zero attached hydrogens (tertiary/aromatic N) is 6. The molecule has 144 valence electrons. The van der Waals surface area contributed by atoms with Crippen LogP contribution >= 0.6 is 0 Å². The molecule has 3 aromatic rings. The normalized spacial score (nSPS) is 15.5. The molecule has 5 rings (SSSR count). The molecule has 7 heteroatoms. The van der Waals surface area contributed by atoms with Crippen LogP contribution in [0.4, 0.5) is 11.6 Å². The average molecular weight is 383 g/mol. The van der Waals surface area contributed by atoms with Gasteiger partial charge >= 0.3 is 0 Å². The van der Waals surface area contributed by atoms with Gasteiger partial charge in [-0.15, -0.1) is 10.2 Å². The third kappa shape index (κ3) is 3.49. The molecule has 4 heterocycles. The first kappa shape index (κ1) is 17.6. The zero-order chi connectivity index (χ0) is 19.6. The lowest BCUT2D eigenvalue weighted by atomic mass is 10.00. The van der Waals surface area contributed by atoms with Gasteiger partial charge in [0.05, 0.1) is 11.3 Å². The third-order valence-electron chi connectivity index (χ3n) is 5.64. The second kappa shape index (κ2) is 7.47. The number of fused-ring (bicyclic) bond motifs is 1. The van der Waals surface area contributed by atoms with Crippen molar-refractivity contribution in [1.29, 1.82) is 5.26 Å². The first-order valence-corrected chi connectivity index (χ1v) is 9.96. The molecule has 1 aliphatic carbocycles. The monoisotopic (exact) mass is 383 g/mol. The number of aryl methyl sites for hydroxylation is 2. The summed E-state index contributed by atoms with van der Waals surface area (Å²) in [5.41, 5.74) is 4.89. The maximum atomic E-state index is 9.42. The Labute approximate surface area is 169 Å². The molecule has 7 nitrogen and oxygen atoms in total. The molecule has 29 heavy (non-hydrogen) atoms. The van der Waals surface area contributed by atoms with Crippen LogP contribution in [0, 0.1) is 17.2 Å². The van der Waals surface area contributed by atoms with E-state index in [4.69, 9.17) is 4.98 Å². The summed E-state index contributed by atoms with van der Waals surface area (Å²) < 4.78 is 0.